The van der Waals surface area contributed by atoms with Gasteiger partial charge < -0.3 is 10.2 Å². The lowest BCUT2D eigenvalue weighted by molar-refractivity contribution is -0.123. The van der Waals surface area contributed by atoms with Crippen molar-refractivity contribution in [1.29, 1.82) is 0 Å². The Labute approximate surface area is 181 Å². The second-order valence-electron chi connectivity index (χ2n) is 7.18. The lowest BCUT2D eigenvalue weighted by Gasteiger charge is -2.24. The highest BCUT2D eigenvalue weighted by Crippen LogP contribution is 2.40. The van der Waals surface area contributed by atoms with Crippen LogP contribution in [0.2, 0.25) is 5.15 Å². The number of pyridine rings is 1. The van der Waals surface area contributed by atoms with Crippen LogP contribution < -0.4 is 10.2 Å². The number of nitrogens with one attached hydrogen (secondary N) is 1. The van der Waals surface area contributed by atoms with Crippen LogP contribution in [0, 0.1) is 6.92 Å². The molecule has 0 saturated carbocycles. The molecule has 1 aromatic carbocycles. The predicted molar refractivity (Wildman–Crippen MR) is 112 cm³/mol. The molecule has 0 aliphatic carbocycles. The van der Waals surface area contributed by atoms with E-state index in [0.29, 0.717) is 28.3 Å². The number of nitrogens with zero attached hydrogens (tertiary/aromatic N) is 4. The molecule has 0 spiro atoms. The first-order valence-electron chi connectivity index (χ1n) is 9.46. The summed E-state index contributed by atoms with van der Waals surface area (Å²) >= 11 is 6.42. The number of carbonyl (C=O) groups excluding carboxylic acids is 2. The van der Waals surface area contributed by atoms with Crippen molar-refractivity contribution in [3.05, 3.63) is 59.0 Å². The number of carbonyl (C=O) groups is 2. The smallest absolute Gasteiger partial charge is 0.263 e. The van der Waals surface area contributed by atoms with Crippen LogP contribution in [0.5, 0.6) is 0 Å². The highest BCUT2D eigenvalue weighted by molar-refractivity contribution is 6.33. The van der Waals surface area contributed by atoms with Gasteiger partial charge in [0, 0.05) is 23.1 Å². The van der Waals surface area contributed by atoms with E-state index >= 15 is 0 Å². The van der Waals surface area contributed by atoms with Gasteiger partial charge in [0.05, 0.1) is 16.9 Å². The molecule has 1 N–H and O–H groups in total. The number of amides is 2. The third-order valence-corrected chi connectivity index (χ3v) is 5.31. The highest BCUT2D eigenvalue weighted by atomic mass is 35.5. The van der Waals surface area contributed by atoms with Gasteiger partial charge in [-0.3, -0.25) is 14.3 Å². The number of benzene rings is 1. The molecule has 160 valence electrons. The van der Waals surface area contributed by atoms with Crippen molar-refractivity contribution in [1.82, 2.24) is 14.8 Å². The molecule has 7 nitrogen and oxygen atoms in total. The third-order valence-electron chi connectivity index (χ3n) is 5.04. The molecule has 0 radical (unpaired) electrons. The summed E-state index contributed by atoms with van der Waals surface area (Å²) in [5, 5.41) is 7.07. The molecule has 0 bridgehead atoms. The highest BCUT2D eigenvalue weighted by Gasteiger charge is 2.34. The largest absolute Gasteiger partial charge is 0.325 e. The van der Waals surface area contributed by atoms with Gasteiger partial charge >= 0.3 is 0 Å². The van der Waals surface area contributed by atoms with Crippen molar-refractivity contribution in [2.75, 3.05) is 16.8 Å². The summed E-state index contributed by atoms with van der Waals surface area (Å²) in [5.41, 5.74) is 2.38. The van der Waals surface area contributed by atoms with Gasteiger partial charge in [-0.1, -0.05) is 23.7 Å². The van der Waals surface area contributed by atoms with Crippen molar-refractivity contribution < 1.29 is 18.4 Å². The second-order valence-corrected chi connectivity index (χ2v) is 7.54. The molecule has 2 amide bonds. The molecular formula is C21H18ClF2N5O2. The molecule has 2 aromatic heterocycles. The summed E-state index contributed by atoms with van der Waals surface area (Å²) in [4.78, 5) is 31.6. The van der Waals surface area contributed by atoms with E-state index in [1.54, 1.807) is 36.9 Å². The maximum atomic E-state index is 13.2. The molecule has 4 rings (SSSR count). The Morgan fingerprint density at radius 2 is 1.97 bits per heavy atom. The second kappa shape index (κ2) is 8.07. The Morgan fingerprint density at radius 1 is 1.26 bits per heavy atom. The first-order valence-corrected chi connectivity index (χ1v) is 9.84. The quantitative estimate of drug-likeness (QED) is 0.604. The minimum Gasteiger partial charge on any atom is -0.325 e. The van der Waals surface area contributed by atoms with Crippen molar-refractivity contribution in [3.8, 4) is 11.3 Å². The number of hydrogen-bond donors (Lipinski definition) is 1. The van der Waals surface area contributed by atoms with E-state index in [1.165, 1.54) is 29.2 Å². The van der Waals surface area contributed by atoms with E-state index in [1.807, 2.05) is 0 Å². The number of alkyl halides is 2. The Morgan fingerprint density at radius 3 is 2.65 bits per heavy atom. The molecule has 0 saturated heterocycles. The molecule has 31 heavy (non-hydrogen) atoms. The Hall–Kier alpha value is -3.33. The number of rotatable bonds is 4. The maximum absolute atomic E-state index is 13.2. The molecule has 3 aromatic rings. The van der Waals surface area contributed by atoms with Gasteiger partial charge in [-0.25, -0.2) is 13.8 Å². The zero-order valence-electron chi connectivity index (χ0n) is 16.6. The van der Waals surface area contributed by atoms with E-state index in [9.17, 15) is 18.4 Å². The van der Waals surface area contributed by atoms with Gasteiger partial charge in [-0.2, -0.15) is 5.10 Å². The van der Waals surface area contributed by atoms with Gasteiger partial charge in [0.25, 0.3) is 12.3 Å². The summed E-state index contributed by atoms with van der Waals surface area (Å²) in [5.74, 6) is -0.824. The zero-order chi connectivity index (χ0) is 22.3. The Kier molecular flexibility index (Phi) is 5.45. The summed E-state index contributed by atoms with van der Waals surface area (Å²) in [6.07, 6.45) is -1.02. The topological polar surface area (TPSA) is 80.1 Å². The van der Waals surface area contributed by atoms with Gasteiger partial charge in [0.1, 0.15) is 17.7 Å². The molecular weight excluding hydrogens is 428 g/mol. The molecule has 0 unspecified atom stereocenters. The number of fused-ring (bicyclic) bond motifs is 3. The van der Waals surface area contributed by atoms with E-state index in [-0.39, 0.29) is 23.2 Å². The van der Waals surface area contributed by atoms with E-state index in [4.69, 9.17) is 11.6 Å². The number of aromatic nitrogens is 3. The standard InChI is InChI=1S/C21H18ClF2N5O2/c1-11-9-16-18(19(22)26-11)15-7-8-25-29(15)12(2)21(31)28(16)10-17(30)27-14-5-3-13(4-6-14)20(23)24/h3-9,12,20H,10H2,1-2H3,(H,27,30)/t12-/m0/s1. The van der Waals surface area contributed by atoms with Crippen LogP contribution in [0.1, 0.15) is 30.6 Å². The minimum absolute atomic E-state index is 0.143. The predicted octanol–water partition coefficient (Wildman–Crippen LogP) is 4.39. The van der Waals surface area contributed by atoms with E-state index in [2.05, 4.69) is 15.4 Å². The van der Waals surface area contributed by atoms with Crippen LogP contribution in [-0.4, -0.2) is 33.1 Å². The maximum Gasteiger partial charge on any atom is 0.263 e. The van der Waals surface area contributed by atoms with Crippen LogP contribution in [0.3, 0.4) is 0 Å². The fourth-order valence-corrected chi connectivity index (χ4v) is 3.88. The zero-order valence-corrected chi connectivity index (χ0v) is 17.4. The molecule has 1 atom stereocenters. The third kappa shape index (κ3) is 3.88. The first-order chi connectivity index (χ1) is 14.8. The molecule has 0 fully saturated rings. The van der Waals surface area contributed by atoms with Crippen molar-refractivity contribution in [2.45, 2.75) is 26.3 Å². The average Bonchev–Trinajstić information content (AvgIpc) is 3.17. The van der Waals surface area contributed by atoms with Crippen LogP contribution in [0.25, 0.3) is 11.3 Å². The number of hydrogen-bond acceptors (Lipinski definition) is 4. The van der Waals surface area contributed by atoms with Gasteiger partial charge in [0.2, 0.25) is 5.91 Å². The van der Waals surface area contributed by atoms with Crippen molar-refractivity contribution >= 4 is 34.8 Å². The summed E-state index contributed by atoms with van der Waals surface area (Å²) < 4.78 is 27.0. The van der Waals surface area contributed by atoms with Crippen LogP contribution in [-0.2, 0) is 9.59 Å². The first kappa shape index (κ1) is 20.9. The van der Waals surface area contributed by atoms with Gasteiger partial charge in [-0.05, 0) is 38.1 Å². The minimum atomic E-state index is -2.59. The van der Waals surface area contributed by atoms with Crippen molar-refractivity contribution in [3.63, 3.8) is 0 Å². The number of anilines is 2. The molecule has 10 heteroatoms. The van der Waals surface area contributed by atoms with Crippen LogP contribution in [0.4, 0.5) is 20.2 Å². The van der Waals surface area contributed by atoms with Crippen molar-refractivity contribution in [2.24, 2.45) is 0 Å². The molecule has 1 aliphatic rings. The fourth-order valence-electron chi connectivity index (χ4n) is 3.56. The van der Waals surface area contributed by atoms with E-state index in [0.717, 1.165) is 0 Å². The summed E-state index contributed by atoms with van der Waals surface area (Å²) in [7, 11) is 0. The van der Waals surface area contributed by atoms with E-state index < -0.39 is 18.4 Å². The van der Waals surface area contributed by atoms with Crippen LogP contribution >= 0.6 is 11.6 Å². The van der Waals surface area contributed by atoms with Gasteiger partial charge in [0.15, 0.2) is 0 Å². The monoisotopic (exact) mass is 445 g/mol. The summed E-state index contributed by atoms with van der Waals surface area (Å²) in [6.45, 7) is 3.13. The normalized spacial score (nSPS) is 15.5. The number of aryl methyl sites for hydroxylation is 1. The lowest BCUT2D eigenvalue weighted by Crippen LogP contribution is -2.41. The SMILES string of the molecule is Cc1cc2c(c(Cl)n1)-c1ccnn1[C@@H](C)C(=O)N2CC(=O)Nc1ccc(C(F)F)cc1. The molecule has 1 aliphatic heterocycles. The van der Waals surface area contributed by atoms with Crippen LogP contribution in [0.15, 0.2) is 42.6 Å². The lowest BCUT2D eigenvalue weighted by atomic mass is 10.1. The fraction of sp³-hybridized carbons (Fsp3) is 0.238. The van der Waals surface area contributed by atoms with Gasteiger partial charge in [-0.15, -0.1) is 0 Å². The Balaban J connectivity index is 1.67. The summed E-state index contributed by atoms with van der Waals surface area (Å²) in [6, 6.07) is 8.01. The Bertz CT molecular complexity index is 1160. The number of halogens is 3. The molecule has 3 heterocycles. The average molecular weight is 446 g/mol.